The second-order valence-corrected chi connectivity index (χ2v) is 5.33. The first-order chi connectivity index (χ1) is 9.38. The van der Waals surface area contributed by atoms with Gasteiger partial charge in [0.2, 0.25) is 0 Å². The smallest absolute Gasteiger partial charge is 0.0420 e. The van der Waals surface area contributed by atoms with Gasteiger partial charge in [-0.05, 0) is 37.4 Å². The number of hydrogen-bond donors (Lipinski definition) is 1. The molecule has 0 amide bonds. The van der Waals surface area contributed by atoms with Crippen molar-refractivity contribution in [2.45, 2.75) is 25.8 Å². The quantitative estimate of drug-likeness (QED) is 0.894. The molecule has 1 N–H and O–H groups in total. The summed E-state index contributed by atoms with van der Waals surface area (Å²) in [5.41, 5.74) is 1.26. The van der Waals surface area contributed by atoms with Crippen molar-refractivity contribution in [2.24, 2.45) is 0 Å². The molecular formula is C17H22N2. The Bertz CT molecular complexity index is 544. The van der Waals surface area contributed by atoms with Crippen LogP contribution in [0.2, 0.25) is 0 Å². The van der Waals surface area contributed by atoms with E-state index in [1.165, 1.54) is 42.4 Å². The van der Waals surface area contributed by atoms with Gasteiger partial charge >= 0.3 is 0 Å². The Kier molecular flexibility index (Phi) is 3.69. The number of rotatable bonds is 4. The maximum atomic E-state index is 3.65. The molecule has 3 rings (SSSR count). The molecule has 1 aliphatic rings. The van der Waals surface area contributed by atoms with E-state index in [2.05, 4.69) is 59.6 Å². The van der Waals surface area contributed by atoms with E-state index in [0.29, 0.717) is 6.04 Å². The molecule has 0 aliphatic carbocycles. The van der Waals surface area contributed by atoms with Gasteiger partial charge in [-0.1, -0.05) is 43.3 Å². The first kappa shape index (κ1) is 12.5. The highest BCUT2D eigenvalue weighted by atomic mass is 15.2. The molecule has 0 radical (unpaired) electrons. The average Bonchev–Trinajstić information content (AvgIpc) is 2.92. The van der Waals surface area contributed by atoms with E-state index in [4.69, 9.17) is 0 Å². The Hall–Kier alpha value is -1.54. The minimum atomic E-state index is 0.698. The first-order valence-electron chi connectivity index (χ1n) is 7.34. The van der Waals surface area contributed by atoms with Crippen LogP contribution in [0.15, 0.2) is 42.5 Å². The summed E-state index contributed by atoms with van der Waals surface area (Å²) >= 11 is 0. The van der Waals surface area contributed by atoms with Gasteiger partial charge in [-0.2, -0.15) is 0 Å². The van der Waals surface area contributed by atoms with Crippen LogP contribution >= 0.6 is 0 Å². The standard InChI is InChI=1S/C17H22N2/c1-2-19-12-6-9-15(19)13-18-17-11-5-8-14-7-3-4-10-16(14)17/h3-5,7-8,10-11,15,18H,2,6,9,12-13H2,1H3/t15-/m0/s1. The van der Waals surface area contributed by atoms with Gasteiger partial charge in [-0.15, -0.1) is 0 Å². The molecule has 0 aromatic heterocycles. The maximum absolute atomic E-state index is 3.65. The van der Waals surface area contributed by atoms with Crippen LogP contribution < -0.4 is 5.32 Å². The van der Waals surface area contributed by atoms with Gasteiger partial charge in [0, 0.05) is 23.7 Å². The van der Waals surface area contributed by atoms with Crippen molar-refractivity contribution >= 4 is 16.5 Å². The highest BCUT2D eigenvalue weighted by molar-refractivity contribution is 5.93. The molecule has 2 nitrogen and oxygen atoms in total. The van der Waals surface area contributed by atoms with Crippen molar-refractivity contribution in [3.63, 3.8) is 0 Å². The molecule has 1 saturated heterocycles. The fraction of sp³-hybridized carbons (Fsp3) is 0.412. The van der Waals surface area contributed by atoms with Crippen LogP contribution in [0.4, 0.5) is 5.69 Å². The third kappa shape index (κ3) is 2.59. The van der Waals surface area contributed by atoms with Crippen LogP contribution in [-0.4, -0.2) is 30.6 Å². The van der Waals surface area contributed by atoms with Gasteiger partial charge in [0.05, 0.1) is 0 Å². The van der Waals surface area contributed by atoms with Gasteiger partial charge < -0.3 is 5.32 Å². The predicted molar refractivity (Wildman–Crippen MR) is 82.7 cm³/mol. The molecule has 2 aromatic rings. The number of likely N-dealkylation sites (N-methyl/N-ethyl adjacent to an activating group) is 1. The SMILES string of the molecule is CCN1CCC[C@H]1CNc1cccc2ccccc12. The summed E-state index contributed by atoms with van der Waals surface area (Å²) in [6.45, 7) is 5.75. The van der Waals surface area contributed by atoms with Crippen molar-refractivity contribution in [1.29, 1.82) is 0 Å². The van der Waals surface area contributed by atoms with E-state index in [1.54, 1.807) is 0 Å². The summed E-state index contributed by atoms with van der Waals surface area (Å²) in [6.07, 6.45) is 2.67. The molecule has 1 aliphatic heterocycles. The van der Waals surface area contributed by atoms with Gasteiger partial charge in [0.25, 0.3) is 0 Å². The van der Waals surface area contributed by atoms with Crippen LogP contribution in [-0.2, 0) is 0 Å². The zero-order valence-corrected chi connectivity index (χ0v) is 11.6. The van der Waals surface area contributed by atoms with Crippen LogP contribution in [0.5, 0.6) is 0 Å². The van der Waals surface area contributed by atoms with Gasteiger partial charge in [-0.25, -0.2) is 0 Å². The number of benzene rings is 2. The van der Waals surface area contributed by atoms with E-state index >= 15 is 0 Å². The number of nitrogens with zero attached hydrogens (tertiary/aromatic N) is 1. The summed E-state index contributed by atoms with van der Waals surface area (Å²) in [6, 6.07) is 15.8. The minimum Gasteiger partial charge on any atom is -0.383 e. The number of fused-ring (bicyclic) bond motifs is 1. The van der Waals surface area contributed by atoms with Crippen LogP contribution in [0.1, 0.15) is 19.8 Å². The first-order valence-corrected chi connectivity index (χ1v) is 7.34. The van der Waals surface area contributed by atoms with Gasteiger partial charge in [0.1, 0.15) is 0 Å². The lowest BCUT2D eigenvalue weighted by Gasteiger charge is -2.23. The monoisotopic (exact) mass is 254 g/mol. The summed E-state index contributed by atoms with van der Waals surface area (Å²) in [5, 5.41) is 6.29. The van der Waals surface area contributed by atoms with E-state index in [0.717, 1.165) is 6.54 Å². The van der Waals surface area contributed by atoms with E-state index in [9.17, 15) is 0 Å². The van der Waals surface area contributed by atoms with E-state index < -0.39 is 0 Å². The molecule has 1 atom stereocenters. The Balaban J connectivity index is 1.75. The third-order valence-electron chi connectivity index (χ3n) is 4.22. The molecule has 100 valence electrons. The number of nitrogens with one attached hydrogen (secondary N) is 1. The fourth-order valence-electron chi connectivity index (χ4n) is 3.15. The van der Waals surface area contributed by atoms with Gasteiger partial charge in [0.15, 0.2) is 0 Å². The van der Waals surface area contributed by atoms with Crippen LogP contribution in [0.3, 0.4) is 0 Å². The molecule has 0 bridgehead atoms. The summed E-state index contributed by atoms with van der Waals surface area (Å²) < 4.78 is 0. The topological polar surface area (TPSA) is 15.3 Å². The number of likely N-dealkylation sites (tertiary alicyclic amines) is 1. The molecule has 0 spiro atoms. The molecule has 2 heteroatoms. The minimum absolute atomic E-state index is 0.698. The molecular weight excluding hydrogens is 232 g/mol. The predicted octanol–water partition coefficient (Wildman–Crippen LogP) is 3.74. The van der Waals surface area contributed by atoms with Crippen molar-refractivity contribution in [3.05, 3.63) is 42.5 Å². The van der Waals surface area contributed by atoms with Crippen molar-refractivity contribution in [2.75, 3.05) is 25.0 Å². The summed E-state index contributed by atoms with van der Waals surface area (Å²) in [4.78, 5) is 2.58. The second-order valence-electron chi connectivity index (χ2n) is 5.33. The lowest BCUT2D eigenvalue weighted by atomic mass is 10.1. The zero-order chi connectivity index (χ0) is 13.1. The molecule has 0 saturated carbocycles. The lowest BCUT2D eigenvalue weighted by Crippen LogP contribution is -2.34. The van der Waals surface area contributed by atoms with Crippen molar-refractivity contribution in [3.8, 4) is 0 Å². The molecule has 1 fully saturated rings. The fourth-order valence-corrected chi connectivity index (χ4v) is 3.15. The van der Waals surface area contributed by atoms with Crippen molar-refractivity contribution in [1.82, 2.24) is 4.90 Å². The molecule has 19 heavy (non-hydrogen) atoms. The number of anilines is 1. The molecule has 0 unspecified atom stereocenters. The molecule has 1 heterocycles. The Morgan fingerprint density at radius 2 is 2.00 bits per heavy atom. The second kappa shape index (κ2) is 5.62. The number of hydrogen-bond acceptors (Lipinski definition) is 2. The molecule has 2 aromatic carbocycles. The van der Waals surface area contributed by atoms with Crippen LogP contribution in [0, 0.1) is 0 Å². The summed E-state index contributed by atoms with van der Waals surface area (Å²) in [5.74, 6) is 0. The highest BCUT2D eigenvalue weighted by Crippen LogP contribution is 2.24. The summed E-state index contributed by atoms with van der Waals surface area (Å²) in [7, 11) is 0. The largest absolute Gasteiger partial charge is 0.383 e. The van der Waals surface area contributed by atoms with E-state index in [-0.39, 0.29) is 0 Å². The Morgan fingerprint density at radius 3 is 2.89 bits per heavy atom. The van der Waals surface area contributed by atoms with E-state index in [1.807, 2.05) is 0 Å². The Morgan fingerprint density at radius 1 is 1.16 bits per heavy atom. The van der Waals surface area contributed by atoms with Crippen LogP contribution in [0.25, 0.3) is 10.8 Å². The third-order valence-corrected chi connectivity index (χ3v) is 4.22. The lowest BCUT2D eigenvalue weighted by molar-refractivity contribution is 0.277. The highest BCUT2D eigenvalue weighted by Gasteiger charge is 2.22. The van der Waals surface area contributed by atoms with Crippen molar-refractivity contribution < 1.29 is 0 Å². The average molecular weight is 254 g/mol. The Labute approximate surface area is 115 Å². The zero-order valence-electron chi connectivity index (χ0n) is 11.6. The van der Waals surface area contributed by atoms with Gasteiger partial charge in [-0.3, -0.25) is 4.90 Å². The normalized spacial score (nSPS) is 19.9. The maximum Gasteiger partial charge on any atom is 0.0420 e.